The van der Waals surface area contributed by atoms with Gasteiger partial charge in [-0.25, -0.2) is 29.0 Å². The molecule has 0 saturated heterocycles. The Morgan fingerprint density at radius 2 is 1.09 bits per heavy atom. The van der Waals surface area contributed by atoms with Crippen LogP contribution in [0.25, 0.3) is 21.8 Å². The monoisotopic (exact) mass is 643 g/mol. The van der Waals surface area contributed by atoms with Crippen molar-refractivity contribution in [3.63, 3.8) is 0 Å². The van der Waals surface area contributed by atoms with Crippen LogP contribution in [0.4, 0.5) is 11.6 Å². The number of hydrogen-bond donors (Lipinski definition) is 2. The van der Waals surface area contributed by atoms with Gasteiger partial charge >= 0.3 is 8.25 Å². The summed E-state index contributed by atoms with van der Waals surface area (Å²) in [5.74, 6) is 3.86. The third-order valence-corrected chi connectivity index (χ3v) is 9.50. The number of methoxy groups -OCH3 is 2. The first-order valence-electron chi connectivity index (χ1n) is 15.8. The van der Waals surface area contributed by atoms with E-state index in [9.17, 15) is 4.57 Å². The van der Waals surface area contributed by atoms with Crippen LogP contribution in [0.3, 0.4) is 0 Å². The summed E-state index contributed by atoms with van der Waals surface area (Å²) in [6.45, 7) is 0. The van der Waals surface area contributed by atoms with Crippen LogP contribution >= 0.6 is 8.25 Å². The summed E-state index contributed by atoms with van der Waals surface area (Å²) in [4.78, 5) is 17.7. The molecule has 6 rings (SSSR count). The number of hydrogen-bond acceptors (Lipinski definition) is 11. The lowest BCUT2D eigenvalue weighted by atomic mass is 9.86. The lowest BCUT2D eigenvalue weighted by molar-refractivity contribution is 0.340. The van der Waals surface area contributed by atoms with Crippen LogP contribution in [-0.4, -0.2) is 46.2 Å². The molecular formula is C34H40N6O5P+. The van der Waals surface area contributed by atoms with Crippen molar-refractivity contribution in [2.45, 2.75) is 63.5 Å². The molecular weight excluding hydrogens is 603 g/mol. The number of allylic oxidation sites excluding steroid dienone is 2. The molecule has 0 bridgehead atoms. The van der Waals surface area contributed by atoms with Gasteiger partial charge in [-0.15, -0.1) is 0 Å². The van der Waals surface area contributed by atoms with Crippen molar-refractivity contribution in [2.24, 2.45) is 11.8 Å². The van der Waals surface area contributed by atoms with Crippen LogP contribution in [0.1, 0.15) is 51.4 Å². The summed E-state index contributed by atoms with van der Waals surface area (Å²) in [7, 11) is 1.04. The number of para-hydroxylation sites is 2. The molecule has 0 aliphatic heterocycles. The van der Waals surface area contributed by atoms with Crippen molar-refractivity contribution in [3.8, 4) is 11.5 Å². The van der Waals surface area contributed by atoms with Gasteiger partial charge in [0.2, 0.25) is 0 Å². The minimum absolute atomic E-state index is 0.321. The second-order valence-corrected chi connectivity index (χ2v) is 12.6. The Bertz CT molecular complexity index is 1580. The number of aromatic nitrogens is 4. The quantitative estimate of drug-likeness (QED) is 0.115. The fraction of sp³-hybridized carbons (Fsp3) is 0.412. The summed E-state index contributed by atoms with van der Waals surface area (Å²) >= 11 is 0. The summed E-state index contributed by atoms with van der Waals surface area (Å²) in [6, 6.07) is 12.4. The summed E-state index contributed by atoms with van der Waals surface area (Å²) in [5, 5.41) is 9.09. The zero-order valence-electron chi connectivity index (χ0n) is 26.2. The minimum atomic E-state index is -2.26. The van der Waals surface area contributed by atoms with Crippen LogP contribution in [0.5, 0.6) is 11.5 Å². The fourth-order valence-electron chi connectivity index (χ4n) is 6.40. The highest BCUT2D eigenvalue weighted by atomic mass is 31.1. The van der Waals surface area contributed by atoms with Gasteiger partial charge in [0.25, 0.3) is 0 Å². The Kier molecular flexibility index (Phi) is 10.4. The van der Waals surface area contributed by atoms with Gasteiger partial charge in [0.15, 0.2) is 12.5 Å². The standard InChI is InChI=1S/C34H40N6O5P/c1-42-29-7-3-5-27-31(29)35-21-37-33(27)39-25-13-9-23(10-14-25)17-19-44-46(41)45-20-18-24-11-15-26(16-12-24)40-34-28-6-4-8-30(43-2)32(28)36-22-38-34/h3-8,17-26H,9-16H2,1-2H3,(H,35,37,39)(H,36,38,40)/q+1/b19-17+,20-18+. The number of benzene rings is 2. The predicted molar refractivity (Wildman–Crippen MR) is 179 cm³/mol. The SMILES string of the molecule is COc1cccc2c(NC3CCC(/C=C/O[P+](=O)O/C=C/C4CCC(Nc5ncnc6c(OC)cccc56)CC4)CC3)ncnc12. The molecule has 240 valence electrons. The van der Waals surface area contributed by atoms with E-state index in [-0.39, 0.29) is 0 Å². The maximum Gasteiger partial charge on any atom is 0.804 e. The molecule has 2 aromatic carbocycles. The Labute approximate surface area is 269 Å². The third-order valence-electron chi connectivity index (χ3n) is 8.92. The number of nitrogens with one attached hydrogen (secondary N) is 2. The van der Waals surface area contributed by atoms with Crippen molar-refractivity contribution in [1.29, 1.82) is 0 Å². The van der Waals surface area contributed by atoms with Gasteiger partial charge in [-0.2, -0.15) is 0 Å². The van der Waals surface area contributed by atoms with Gasteiger partial charge in [0.1, 0.15) is 46.8 Å². The zero-order valence-corrected chi connectivity index (χ0v) is 27.1. The normalized spacial score (nSPS) is 22.2. The van der Waals surface area contributed by atoms with Crippen molar-refractivity contribution < 1.29 is 23.1 Å². The number of nitrogens with zero attached hydrogens (tertiary/aromatic N) is 4. The average Bonchev–Trinajstić information content (AvgIpc) is 3.09. The Hall–Kier alpha value is -4.50. The second-order valence-electron chi connectivity index (χ2n) is 11.8. The first-order valence-corrected chi connectivity index (χ1v) is 16.9. The van der Waals surface area contributed by atoms with Crippen LogP contribution < -0.4 is 20.1 Å². The van der Waals surface area contributed by atoms with E-state index in [0.717, 1.165) is 96.3 Å². The molecule has 2 fully saturated rings. The van der Waals surface area contributed by atoms with E-state index in [2.05, 4.69) is 30.6 Å². The Morgan fingerprint density at radius 1 is 0.652 bits per heavy atom. The largest absolute Gasteiger partial charge is 0.804 e. The first kappa shape index (κ1) is 31.5. The van der Waals surface area contributed by atoms with Gasteiger partial charge in [0, 0.05) is 27.4 Å². The number of anilines is 2. The Morgan fingerprint density at radius 3 is 1.50 bits per heavy atom. The summed E-state index contributed by atoms with van der Waals surface area (Å²) in [6.07, 6.45) is 18.2. The highest BCUT2D eigenvalue weighted by molar-refractivity contribution is 7.33. The van der Waals surface area contributed by atoms with E-state index in [4.69, 9.17) is 18.5 Å². The van der Waals surface area contributed by atoms with Gasteiger partial charge in [-0.1, -0.05) is 12.1 Å². The highest BCUT2D eigenvalue weighted by Crippen LogP contribution is 2.34. The number of ether oxygens (including phenoxy) is 2. The van der Waals surface area contributed by atoms with E-state index in [0.29, 0.717) is 23.9 Å². The molecule has 2 aliphatic rings. The van der Waals surface area contributed by atoms with E-state index in [1.54, 1.807) is 26.9 Å². The lowest BCUT2D eigenvalue weighted by Crippen LogP contribution is -2.26. The molecule has 2 aromatic heterocycles. The number of rotatable bonds is 12. The number of fused-ring (bicyclic) bond motifs is 2. The predicted octanol–water partition coefficient (Wildman–Crippen LogP) is 7.95. The maximum absolute atomic E-state index is 12.3. The van der Waals surface area contributed by atoms with Crippen LogP contribution in [0.2, 0.25) is 0 Å². The molecule has 4 aromatic rings. The molecule has 0 unspecified atom stereocenters. The van der Waals surface area contributed by atoms with Crippen molar-refractivity contribution in [3.05, 3.63) is 73.7 Å². The first-order chi connectivity index (χ1) is 22.6. The molecule has 2 saturated carbocycles. The molecule has 2 N–H and O–H groups in total. The van der Waals surface area contributed by atoms with Crippen molar-refractivity contribution in [2.75, 3.05) is 24.9 Å². The fourth-order valence-corrected chi connectivity index (χ4v) is 6.78. The van der Waals surface area contributed by atoms with E-state index < -0.39 is 8.25 Å². The summed E-state index contributed by atoms with van der Waals surface area (Å²) < 4.78 is 33.9. The smallest absolute Gasteiger partial charge is 0.494 e. The highest BCUT2D eigenvalue weighted by Gasteiger charge is 2.24. The van der Waals surface area contributed by atoms with Gasteiger partial charge in [-0.05, 0) is 99.6 Å². The summed E-state index contributed by atoms with van der Waals surface area (Å²) in [5.41, 5.74) is 1.61. The van der Waals surface area contributed by atoms with Crippen LogP contribution in [0.15, 0.2) is 73.7 Å². The van der Waals surface area contributed by atoms with E-state index in [1.807, 2.05) is 48.6 Å². The van der Waals surface area contributed by atoms with Gasteiger partial charge < -0.3 is 20.1 Å². The second kappa shape index (κ2) is 15.2. The maximum atomic E-state index is 12.3. The van der Waals surface area contributed by atoms with Gasteiger partial charge in [0.05, 0.1) is 14.2 Å². The topological polar surface area (TPSA) is 130 Å². The van der Waals surface area contributed by atoms with Gasteiger partial charge in [-0.3, -0.25) is 0 Å². The molecule has 11 nitrogen and oxygen atoms in total. The van der Waals surface area contributed by atoms with E-state index in [1.165, 1.54) is 12.5 Å². The molecule has 0 radical (unpaired) electrons. The lowest BCUT2D eigenvalue weighted by Gasteiger charge is -2.28. The van der Waals surface area contributed by atoms with Crippen molar-refractivity contribution in [1.82, 2.24) is 19.9 Å². The third kappa shape index (κ3) is 7.65. The molecule has 2 heterocycles. The molecule has 0 amide bonds. The zero-order chi connectivity index (χ0) is 31.7. The average molecular weight is 644 g/mol. The Balaban J connectivity index is 0.890. The van der Waals surface area contributed by atoms with E-state index >= 15 is 0 Å². The molecule has 12 heteroatoms. The molecule has 2 aliphatic carbocycles. The molecule has 46 heavy (non-hydrogen) atoms. The minimum Gasteiger partial charge on any atom is -0.494 e. The van der Waals surface area contributed by atoms with Crippen molar-refractivity contribution >= 4 is 41.7 Å². The van der Waals surface area contributed by atoms with Crippen LogP contribution in [0, 0.1) is 11.8 Å². The van der Waals surface area contributed by atoms with Crippen LogP contribution in [-0.2, 0) is 13.6 Å². The molecule has 0 atom stereocenters. The molecule has 0 spiro atoms.